The van der Waals surface area contributed by atoms with E-state index in [0.29, 0.717) is 27.7 Å². The van der Waals surface area contributed by atoms with Crippen molar-refractivity contribution in [2.24, 2.45) is 0 Å². The van der Waals surface area contributed by atoms with E-state index in [1.54, 1.807) is 6.07 Å². The van der Waals surface area contributed by atoms with Crippen LogP contribution in [0.1, 0.15) is 37.0 Å². The largest absolute Gasteiger partial charge is 0.459 e. The number of nitrogens with one attached hydrogen (secondary N) is 1. The van der Waals surface area contributed by atoms with Crippen molar-refractivity contribution < 1.29 is 4.42 Å². The highest BCUT2D eigenvalue weighted by Crippen LogP contribution is 2.42. The Hall–Kier alpha value is -1.45. The molecule has 5 heteroatoms. The molecule has 1 saturated carbocycles. The topological polar surface area (TPSA) is 25.2 Å². The van der Waals surface area contributed by atoms with E-state index in [-0.39, 0.29) is 0 Å². The quantitative estimate of drug-likeness (QED) is 0.441. The van der Waals surface area contributed by atoms with Crippen molar-refractivity contribution in [2.75, 3.05) is 0 Å². The smallest absolute Gasteiger partial charge is 0.143 e. The Morgan fingerprint density at radius 1 is 0.964 bits per heavy atom. The summed E-state index contributed by atoms with van der Waals surface area (Å²) in [5.41, 5.74) is 4.06. The van der Waals surface area contributed by atoms with Gasteiger partial charge < -0.3 is 9.73 Å². The van der Waals surface area contributed by atoms with Crippen molar-refractivity contribution in [2.45, 2.75) is 45.2 Å². The highest BCUT2D eigenvalue weighted by molar-refractivity contribution is 6.36. The average Bonchev–Trinajstić information content (AvgIpc) is 3.29. The molecule has 0 bridgehead atoms. The SMILES string of the molecule is Cc1c(CNC2CCCC2)oc(-c2ccc(Cl)cc2Cl)c1-c1ccc(Cl)cc1. The molecular weight excluding hydrogens is 413 g/mol. The monoisotopic (exact) mass is 433 g/mol. The van der Waals surface area contributed by atoms with Gasteiger partial charge in [-0.2, -0.15) is 0 Å². The lowest BCUT2D eigenvalue weighted by molar-refractivity contribution is 0.450. The highest BCUT2D eigenvalue weighted by atomic mass is 35.5. The maximum Gasteiger partial charge on any atom is 0.143 e. The molecule has 0 atom stereocenters. The van der Waals surface area contributed by atoms with Gasteiger partial charge in [0.2, 0.25) is 0 Å². The van der Waals surface area contributed by atoms with Gasteiger partial charge in [-0.05, 0) is 55.7 Å². The van der Waals surface area contributed by atoms with Crippen molar-refractivity contribution in [1.82, 2.24) is 5.32 Å². The second-order valence-electron chi connectivity index (χ2n) is 7.35. The fourth-order valence-corrected chi connectivity index (χ4v) is 4.54. The zero-order valence-electron chi connectivity index (χ0n) is 15.7. The van der Waals surface area contributed by atoms with Gasteiger partial charge in [-0.25, -0.2) is 0 Å². The Balaban J connectivity index is 1.77. The van der Waals surface area contributed by atoms with Crippen LogP contribution in [0.2, 0.25) is 15.1 Å². The molecule has 0 spiro atoms. The van der Waals surface area contributed by atoms with Crippen LogP contribution in [0, 0.1) is 6.92 Å². The first kappa shape index (κ1) is 19.8. The van der Waals surface area contributed by atoms with Crippen LogP contribution in [-0.4, -0.2) is 6.04 Å². The van der Waals surface area contributed by atoms with Crippen LogP contribution in [0.3, 0.4) is 0 Å². The highest BCUT2D eigenvalue weighted by Gasteiger charge is 2.23. The predicted octanol–water partition coefficient (Wildman–Crippen LogP) is 7.91. The number of benzene rings is 2. The normalized spacial score (nSPS) is 14.7. The number of rotatable bonds is 5. The van der Waals surface area contributed by atoms with Crippen molar-refractivity contribution in [3.63, 3.8) is 0 Å². The van der Waals surface area contributed by atoms with Crippen LogP contribution >= 0.6 is 34.8 Å². The molecule has 2 nitrogen and oxygen atoms in total. The summed E-state index contributed by atoms with van der Waals surface area (Å²) in [7, 11) is 0. The minimum absolute atomic E-state index is 0.575. The molecule has 0 unspecified atom stereocenters. The summed E-state index contributed by atoms with van der Waals surface area (Å²) >= 11 is 18.7. The van der Waals surface area contributed by atoms with Crippen molar-refractivity contribution in [1.29, 1.82) is 0 Å². The lowest BCUT2D eigenvalue weighted by Crippen LogP contribution is -2.25. The molecule has 4 rings (SSSR count). The van der Waals surface area contributed by atoms with Crippen LogP contribution in [-0.2, 0) is 6.54 Å². The fourth-order valence-electron chi connectivity index (χ4n) is 3.92. The number of furan rings is 1. The lowest BCUT2D eigenvalue weighted by atomic mass is 9.97. The third-order valence-corrected chi connectivity index (χ3v) is 6.26. The van der Waals surface area contributed by atoms with Crippen LogP contribution in [0.5, 0.6) is 0 Å². The van der Waals surface area contributed by atoms with Crippen LogP contribution in [0.15, 0.2) is 46.9 Å². The second kappa shape index (κ2) is 8.51. The summed E-state index contributed by atoms with van der Waals surface area (Å²) in [6.45, 7) is 2.81. The first-order valence-corrected chi connectivity index (χ1v) is 10.7. The summed E-state index contributed by atoms with van der Waals surface area (Å²) in [5.74, 6) is 1.71. The van der Waals surface area contributed by atoms with Gasteiger partial charge in [0.1, 0.15) is 11.5 Å². The van der Waals surface area contributed by atoms with E-state index in [1.165, 1.54) is 25.7 Å². The molecule has 28 heavy (non-hydrogen) atoms. The van der Waals surface area contributed by atoms with E-state index < -0.39 is 0 Å². The maximum atomic E-state index is 6.51. The first-order valence-electron chi connectivity index (χ1n) is 9.60. The molecule has 1 aliphatic carbocycles. The minimum Gasteiger partial charge on any atom is -0.459 e. The van der Waals surface area contributed by atoms with E-state index in [1.807, 2.05) is 36.4 Å². The summed E-state index contributed by atoms with van der Waals surface area (Å²) < 4.78 is 6.37. The summed E-state index contributed by atoms with van der Waals surface area (Å²) in [4.78, 5) is 0. The third-order valence-electron chi connectivity index (χ3n) is 5.46. The maximum absolute atomic E-state index is 6.51. The molecule has 146 valence electrons. The number of hydrogen-bond acceptors (Lipinski definition) is 2. The molecule has 3 aromatic rings. The summed E-state index contributed by atoms with van der Waals surface area (Å²) in [5, 5.41) is 5.53. The first-order chi connectivity index (χ1) is 13.5. The molecule has 1 aromatic heterocycles. The van der Waals surface area contributed by atoms with Gasteiger partial charge in [-0.15, -0.1) is 0 Å². The van der Waals surface area contributed by atoms with E-state index in [4.69, 9.17) is 39.2 Å². The molecule has 2 aromatic carbocycles. The summed E-state index contributed by atoms with van der Waals surface area (Å²) in [6, 6.07) is 13.9. The number of halogens is 3. The van der Waals surface area contributed by atoms with E-state index in [0.717, 1.165) is 33.8 Å². The Bertz CT molecular complexity index is 972. The Morgan fingerprint density at radius 3 is 2.32 bits per heavy atom. The predicted molar refractivity (Wildman–Crippen MR) is 118 cm³/mol. The Labute approximate surface area is 180 Å². The molecule has 0 aliphatic heterocycles. The fraction of sp³-hybridized carbons (Fsp3) is 0.304. The molecule has 1 heterocycles. The molecule has 0 radical (unpaired) electrons. The second-order valence-corrected chi connectivity index (χ2v) is 8.63. The third kappa shape index (κ3) is 4.11. The molecule has 1 fully saturated rings. The summed E-state index contributed by atoms with van der Waals surface area (Å²) in [6.07, 6.45) is 5.08. The molecule has 0 amide bonds. The van der Waals surface area contributed by atoms with Crippen LogP contribution in [0.25, 0.3) is 22.5 Å². The van der Waals surface area contributed by atoms with Crippen molar-refractivity contribution in [3.05, 3.63) is 68.9 Å². The van der Waals surface area contributed by atoms with Gasteiger partial charge in [-0.3, -0.25) is 0 Å². The zero-order valence-corrected chi connectivity index (χ0v) is 18.0. The van der Waals surface area contributed by atoms with E-state index in [2.05, 4.69) is 12.2 Å². The van der Waals surface area contributed by atoms with Crippen LogP contribution in [0.4, 0.5) is 0 Å². The average molecular weight is 435 g/mol. The van der Waals surface area contributed by atoms with Gasteiger partial charge in [0.05, 0.1) is 11.6 Å². The minimum atomic E-state index is 0.575. The van der Waals surface area contributed by atoms with Gasteiger partial charge in [-0.1, -0.05) is 59.8 Å². The van der Waals surface area contributed by atoms with Crippen LogP contribution < -0.4 is 5.32 Å². The molecule has 0 saturated heterocycles. The standard InChI is InChI=1S/C23H22Cl3NO/c1-14-21(13-27-18-4-2-3-5-18)28-23(19-11-10-17(25)12-20(19)26)22(14)15-6-8-16(24)9-7-15/h6-12,18,27H,2-5,13H2,1H3. The van der Waals surface area contributed by atoms with E-state index in [9.17, 15) is 0 Å². The molecule has 1 N–H and O–H groups in total. The number of hydrogen-bond donors (Lipinski definition) is 1. The Kier molecular flexibility index (Phi) is 6.03. The van der Waals surface area contributed by atoms with Gasteiger partial charge >= 0.3 is 0 Å². The van der Waals surface area contributed by atoms with Gasteiger partial charge in [0, 0.05) is 32.8 Å². The van der Waals surface area contributed by atoms with E-state index >= 15 is 0 Å². The van der Waals surface area contributed by atoms with Crippen molar-refractivity contribution >= 4 is 34.8 Å². The van der Waals surface area contributed by atoms with Crippen molar-refractivity contribution in [3.8, 4) is 22.5 Å². The van der Waals surface area contributed by atoms with Gasteiger partial charge in [0.25, 0.3) is 0 Å². The molecular formula is C23H22Cl3NO. The molecule has 1 aliphatic rings. The Morgan fingerprint density at radius 2 is 1.64 bits per heavy atom. The zero-order chi connectivity index (χ0) is 19.7. The lowest BCUT2D eigenvalue weighted by Gasteiger charge is -2.10. The van der Waals surface area contributed by atoms with Gasteiger partial charge in [0.15, 0.2) is 0 Å².